The fourth-order valence-electron chi connectivity index (χ4n) is 16.6. The van der Waals surface area contributed by atoms with Crippen molar-refractivity contribution in [1.29, 1.82) is 0 Å². The van der Waals surface area contributed by atoms with Gasteiger partial charge in [-0.3, -0.25) is 39.6 Å². The second kappa shape index (κ2) is 48.6. The third-order valence-corrected chi connectivity index (χ3v) is 23.9. The van der Waals surface area contributed by atoms with Crippen LogP contribution in [0, 0.1) is 11.8 Å². The number of hydrogen-bond donors (Lipinski definition) is 31. The van der Waals surface area contributed by atoms with E-state index in [1.165, 1.54) is 13.8 Å². The number of carboxylic acids is 1. The van der Waals surface area contributed by atoms with E-state index in [1.807, 2.05) is 10.9 Å². The highest BCUT2D eigenvalue weighted by Crippen LogP contribution is 2.41. The third-order valence-electron chi connectivity index (χ3n) is 23.9. The first-order valence-corrected chi connectivity index (χ1v) is 42.3. The second-order valence-corrected chi connectivity index (χ2v) is 33.3. The largest absolute Gasteiger partial charge is 0.479 e. The average Bonchev–Trinajstić information content (AvgIpc) is 0.769. The number of aldehydes is 1. The SMILES string of the molecule is CO[C@@H]1OC(CO)[C@@H](O)[C@H](O[C@@H]2OC(C(=O)NNC(=O)OCC3O[C@H](O[C@H]4OC(COC(=O)NNC(=O)C5O[C@@H](O[C@@H]6C(NC(C)=O)[C@H](OC)OC(CO)[C@H]6O)C(O)[C@@H](O)[C@@H]5O[C@@H]5OC(CO)[C@@H](O)[C@H](O[C@@H]6OC(C(=O)O)[C@@H](C)[C@H](O)C6O)C5NC(C)=O)[C@@H](O)[C@H](O)C4O)C(O)[C@@H](O)[C@@H]3O)[C@@H](O[C@@H]3OC(CO)[C@@H](O)[C@H](O[C@@H]4OC(C=O)[C@@H](C)[C@H](O)C4O)C3NC(C)=O)[C@H](O)C2O)C1NC(C)=O. The molecule has 20 unspecified atom stereocenters. The number of methoxy groups -OCH3 is 2. The van der Waals surface area contributed by atoms with Gasteiger partial charge in [-0.15, -0.1) is 0 Å². The zero-order valence-corrected chi connectivity index (χ0v) is 73.1. The van der Waals surface area contributed by atoms with Gasteiger partial charge in [0.05, 0.1) is 38.6 Å². The molecule has 0 aromatic heterocycles. The Labute approximate surface area is 767 Å². The molecule has 0 saturated carbocycles. The molecule has 136 heavy (non-hydrogen) atoms. The van der Waals surface area contributed by atoms with E-state index in [0.717, 1.165) is 41.9 Å². The van der Waals surface area contributed by atoms with E-state index in [0.29, 0.717) is 0 Å². The number of hydrazine groups is 2. The summed E-state index contributed by atoms with van der Waals surface area (Å²) in [6.07, 6.45) is -96.7. The van der Waals surface area contributed by atoms with Crippen LogP contribution in [-0.4, -0.2) is 526 Å². The van der Waals surface area contributed by atoms with E-state index in [2.05, 4.69) is 21.3 Å². The van der Waals surface area contributed by atoms with Crippen molar-refractivity contribution in [3.63, 3.8) is 0 Å². The van der Waals surface area contributed by atoms with E-state index in [9.17, 15) is 165 Å². The van der Waals surface area contributed by atoms with Crippen LogP contribution < -0.4 is 43.0 Å². The maximum atomic E-state index is 14.6. The summed E-state index contributed by atoms with van der Waals surface area (Å²) in [6, 6.07) is -7.07. The van der Waals surface area contributed by atoms with Crippen LogP contribution in [0.5, 0.6) is 0 Å². The summed E-state index contributed by atoms with van der Waals surface area (Å²) < 4.78 is 119. The van der Waals surface area contributed by atoms with Crippen molar-refractivity contribution in [3.8, 4) is 0 Å². The van der Waals surface area contributed by atoms with Crippen LogP contribution in [0.25, 0.3) is 0 Å². The van der Waals surface area contributed by atoms with Gasteiger partial charge in [0.25, 0.3) is 11.8 Å². The van der Waals surface area contributed by atoms with Gasteiger partial charge in [-0.2, -0.15) is 0 Å². The average molecular weight is 1980 g/mol. The van der Waals surface area contributed by atoms with Crippen molar-refractivity contribution in [2.24, 2.45) is 11.8 Å². The van der Waals surface area contributed by atoms with Crippen molar-refractivity contribution in [1.82, 2.24) is 43.0 Å². The van der Waals surface area contributed by atoms with Gasteiger partial charge in [0.1, 0.15) is 221 Å². The number of aliphatic carboxylic acids is 1. The van der Waals surface area contributed by atoms with Crippen molar-refractivity contribution < 1.29 is 265 Å². The lowest BCUT2D eigenvalue weighted by atomic mass is 9.90. The molecule has 10 aliphatic rings. The molecular formula is C74H118N8O54. The number of carbonyl (C=O) groups excluding carboxylic acids is 9. The number of ether oxygens (including phenoxy) is 21. The summed E-state index contributed by atoms with van der Waals surface area (Å²) in [4.78, 5) is 132. The molecular weight excluding hydrogens is 1860 g/mol. The van der Waals surface area contributed by atoms with Crippen LogP contribution in [0.3, 0.4) is 0 Å². The minimum Gasteiger partial charge on any atom is -0.479 e. The Morgan fingerprint density at radius 1 is 0.287 bits per heavy atom. The standard InChI is InChI=1S/C74H118N8O54/c1-16-22(9-83)120-67(45(104)33(16)92)128-54-31(77-20(5)90)65(123-25(12-86)39(54)98)132-56-43(102)49(108)71(129-52-29(75-18(3)88)63(116-7)121-23(10-84)37(52)96)134-58(56)60(110)79-81-73(114)118-14-27-35(94)41(100)47(106)68(125-27)136-69-48(107)42(101)36(95)28(126-69)15-119-74(115)82-80-61(111)59-57(44(103)50(109)72(135-59)130-53-30(76-19(4)89)64(117-8)122-24(11-85)38(53)97)133-66-32(78-21(6)91)55(40(99)26(13-87)124-66)131-70-46(105)34(93)17(2)51(127-70)62(112)113/h9,16-17,22-59,63-72,84-87,92-109H,10-15H2,1-8H3,(H,75,88)(H,76,89)(H,77,90)(H,78,91)(H,79,110)(H,80,111)(H,81,114)(H,82,115)(H,112,113)/t16-,17+,22?,23?,24?,25?,26?,27?,28?,29?,30?,31?,32?,33+,34+,35-,36-,37-,38-,39-,40-,41+,42+,43-,44-,45?,46?,47?,48?,49?,50?,51?,52-,53-,54-,55-,56+,57+,58?,59?,63-,64-,65+,66+,67+,68-,69-,70+,71-,72-/m1/s1. The van der Waals surface area contributed by atoms with Crippen molar-refractivity contribution in [3.05, 3.63) is 0 Å². The number of nitrogens with one attached hydrogen (secondary N) is 8. The highest BCUT2D eigenvalue weighted by atomic mass is 16.8. The Morgan fingerprint density at radius 2 is 0.551 bits per heavy atom. The normalized spacial score (nSPS) is 45.5. The van der Waals surface area contributed by atoms with Gasteiger partial charge in [-0.1, -0.05) is 13.8 Å². The van der Waals surface area contributed by atoms with Crippen LogP contribution in [0.1, 0.15) is 41.5 Å². The maximum Gasteiger partial charge on any atom is 0.426 e. The number of aliphatic hydroxyl groups is 22. The van der Waals surface area contributed by atoms with Gasteiger partial charge in [-0.25, -0.2) is 25.2 Å². The minimum absolute atomic E-state index is 0.261. The Kier molecular flexibility index (Phi) is 39.6. The summed E-state index contributed by atoms with van der Waals surface area (Å²) in [5.41, 5.74) is 7.17. The van der Waals surface area contributed by atoms with Crippen molar-refractivity contribution in [2.45, 2.75) is 336 Å². The van der Waals surface area contributed by atoms with Crippen LogP contribution in [-0.2, 0) is 138 Å². The van der Waals surface area contributed by atoms with Crippen LogP contribution in [0.4, 0.5) is 9.59 Å². The van der Waals surface area contributed by atoms with Crippen molar-refractivity contribution >= 4 is 59.9 Å². The molecule has 10 fully saturated rings. The molecule has 0 spiro atoms. The molecule has 62 heteroatoms. The number of aliphatic hydroxyl groups excluding tert-OH is 22. The molecule has 31 N–H and O–H groups in total. The third kappa shape index (κ3) is 25.1. The highest BCUT2D eigenvalue weighted by molar-refractivity contribution is 5.84. The fourth-order valence-corrected chi connectivity index (χ4v) is 16.6. The minimum atomic E-state index is -2.57. The summed E-state index contributed by atoms with van der Waals surface area (Å²) in [5.74, 6) is -10.9. The number of hydrogen-bond acceptors (Lipinski definition) is 53. The van der Waals surface area contributed by atoms with E-state index < -0.39 is 400 Å². The number of carbonyl (C=O) groups is 10. The van der Waals surface area contributed by atoms with E-state index in [1.54, 1.807) is 10.9 Å². The predicted molar refractivity (Wildman–Crippen MR) is 415 cm³/mol. The summed E-state index contributed by atoms with van der Waals surface area (Å²) >= 11 is 0. The van der Waals surface area contributed by atoms with Crippen molar-refractivity contribution in [2.75, 3.05) is 53.9 Å². The molecule has 10 heterocycles. The molecule has 0 aromatic rings. The van der Waals surface area contributed by atoms with Gasteiger partial charge >= 0.3 is 18.2 Å². The zero-order chi connectivity index (χ0) is 101. The first-order valence-electron chi connectivity index (χ1n) is 42.3. The lowest BCUT2D eigenvalue weighted by molar-refractivity contribution is -0.376. The van der Waals surface area contributed by atoms with E-state index in [-0.39, 0.29) is 6.29 Å². The molecule has 778 valence electrons. The summed E-state index contributed by atoms with van der Waals surface area (Å²) in [7, 11) is 2.16. The molecule has 0 radical (unpaired) electrons. The lowest BCUT2D eigenvalue weighted by Gasteiger charge is -2.50. The quantitative estimate of drug-likeness (QED) is 0.0220. The van der Waals surface area contributed by atoms with Gasteiger partial charge in [0.2, 0.25) is 23.6 Å². The Morgan fingerprint density at radius 3 is 0.853 bits per heavy atom. The van der Waals surface area contributed by atoms with E-state index in [4.69, 9.17) is 99.5 Å². The van der Waals surface area contributed by atoms with Gasteiger partial charge < -0.3 is 243 Å². The van der Waals surface area contributed by atoms with Gasteiger partial charge in [0.15, 0.2) is 81.2 Å². The molecule has 10 aliphatic heterocycles. The lowest BCUT2D eigenvalue weighted by Crippen LogP contribution is -2.71. The molecule has 0 aliphatic carbocycles. The molecule has 10 saturated heterocycles. The zero-order valence-electron chi connectivity index (χ0n) is 73.1. The van der Waals surface area contributed by atoms with E-state index >= 15 is 0 Å². The highest BCUT2D eigenvalue weighted by Gasteiger charge is 2.62. The summed E-state index contributed by atoms with van der Waals surface area (Å²) in [5, 5.41) is 265. The second-order valence-electron chi connectivity index (χ2n) is 33.3. The molecule has 8 amide bonds. The molecule has 10 rings (SSSR count). The Bertz CT molecular complexity index is 3940. The Hall–Kier alpha value is -7.14. The maximum absolute atomic E-state index is 14.6. The van der Waals surface area contributed by atoms with Crippen LogP contribution in [0.2, 0.25) is 0 Å². The van der Waals surface area contributed by atoms with Crippen LogP contribution in [0.15, 0.2) is 0 Å². The fraction of sp³-hybridized carbons (Fsp3) is 0.865. The summed E-state index contributed by atoms with van der Waals surface area (Å²) in [6.45, 7) is -0.303. The smallest absolute Gasteiger partial charge is 0.426 e. The topological polar surface area (TPSA) is 926 Å². The van der Waals surface area contributed by atoms with Crippen LogP contribution >= 0.6 is 0 Å². The number of rotatable bonds is 32. The first-order chi connectivity index (χ1) is 64.2. The predicted octanol–water partition coefficient (Wildman–Crippen LogP) is -20.6. The molecule has 0 bridgehead atoms. The first kappa shape index (κ1) is 111. The Balaban J connectivity index is 0.824. The molecule has 0 aromatic carbocycles. The van der Waals surface area contributed by atoms with Gasteiger partial charge in [-0.05, 0) is 0 Å². The number of carboxylic acid groups (broad SMARTS) is 1. The van der Waals surface area contributed by atoms with Gasteiger partial charge in [0, 0.05) is 53.8 Å². The molecule has 62 nitrogen and oxygen atoms in total. The monoisotopic (exact) mass is 1980 g/mol. The molecule has 50 atom stereocenters. The number of amides is 8.